The largest absolute Gasteiger partial charge is 0.481 e. The standard InChI is InChI=1S/C19H26N4O8/c1-10(24)16(20)18(29)23-12(7-11-5-3-2-4-6-11)17(28)21-9-14(25)22-13(19(30)31)8-15(26)27/h2-6,10,12-13,16,24H,7-9,20H2,1H3,(H,21,28)(H,22,25)(H,23,29)(H,26,27)(H,30,31). The Morgan fingerprint density at radius 1 is 0.968 bits per heavy atom. The highest BCUT2D eigenvalue weighted by Gasteiger charge is 2.27. The second kappa shape index (κ2) is 12.2. The lowest BCUT2D eigenvalue weighted by atomic mass is 10.0. The number of aliphatic carboxylic acids is 2. The minimum absolute atomic E-state index is 0.0589. The van der Waals surface area contributed by atoms with Crippen LogP contribution in [-0.4, -0.2) is 75.8 Å². The molecular formula is C19H26N4O8. The molecule has 0 saturated carbocycles. The highest BCUT2D eigenvalue weighted by atomic mass is 16.4. The molecule has 0 aromatic heterocycles. The molecule has 31 heavy (non-hydrogen) atoms. The molecule has 4 unspecified atom stereocenters. The van der Waals surface area contributed by atoms with E-state index in [-0.39, 0.29) is 6.42 Å². The number of carbonyl (C=O) groups is 5. The van der Waals surface area contributed by atoms with Crippen molar-refractivity contribution in [2.45, 2.75) is 44.0 Å². The Kier molecular flexibility index (Phi) is 10.1. The zero-order valence-corrected chi connectivity index (χ0v) is 16.8. The van der Waals surface area contributed by atoms with Crippen LogP contribution in [-0.2, 0) is 30.4 Å². The maximum Gasteiger partial charge on any atom is 0.326 e. The fraction of sp³-hybridized carbons (Fsp3) is 0.421. The molecule has 0 heterocycles. The minimum Gasteiger partial charge on any atom is -0.481 e. The van der Waals surface area contributed by atoms with Crippen LogP contribution in [0.5, 0.6) is 0 Å². The van der Waals surface area contributed by atoms with Gasteiger partial charge in [-0.3, -0.25) is 19.2 Å². The van der Waals surface area contributed by atoms with Gasteiger partial charge in [-0.25, -0.2) is 4.79 Å². The van der Waals surface area contributed by atoms with Crippen molar-refractivity contribution in [3.63, 3.8) is 0 Å². The van der Waals surface area contributed by atoms with E-state index in [0.717, 1.165) is 0 Å². The lowest BCUT2D eigenvalue weighted by Gasteiger charge is -2.22. The van der Waals surface area contributed by atoms with Crippen LogP contribution in [0.2, 0.25) is 0 Å². The number of aliphatic hydroxyl groups is 1. The predicted molar refractivity (Wildman–Crippen MR) is 107 cm³/mol. The molecule has 0 fully saturated rings. The summed E-state index contributed by atoms with van der Waals surface area (Å²) < 4.78 is 0. The van der Waals surface area contributed by atoms with Gasteiger partial charge in [0, 0.05) is 6.42 Å². The fourth-order valence-electron chi connectivity index (χ4n) is 2.46. The number of hydrogen-bond acceptors (Lipinski definition) is 7. The van der Waals surface area contributed by atoms with Gasteiger partial charge in [0.05, 0.1) is 19.1 Å². The van der Waals surface area contributed by atoms with Gasteiger partial charge >= 0.3 is 11.9 Å². The van der Waals surface area contributed by atoms with E-state index >= 15 is 0 Å². The molecule has 3 amide bonds. The number of hydrogen-bond donors (Lipinski definition) is 7. The molecule has 4 atom stereocenters. The van der Waals surface area contributed by atoms with Crippen molar-refractivity contribution in [2.75, 3.05) is 6.54 Å². The molecule has 0 aliphatic heterocycles. The van der Waals surface area contributed by atoms with Crippen LogP contribution in [0.3, 0.4) is 0 Å². The van der Waals surface area contributed by atoms with E-state index in [1.54, 1.807) is 30.3 Å². The molecular weight excluding hydrogens is 412 g/mol. The number of nitrogens with one attached hydrogen (secondary N) is 3. The van der Waals surface area contributed by atoms with E-state index in [9.17, 15) is 29.1 Å². The van der Waals surface area contributed by atoms with Crippen molar-refractivity contribution in [3.05, 3.63) is 35.9 Å². The van der Waals surface area contributed by atoms with Crippen molar-refractivity contribution in [2.24, 2.45) is 5.73 Å². The number of carboxylic acids is 2. The first-order valence-electron chi connectivity index (χ1n) is 9.30. The maximum absolute atomic E-state index is 12.6. The third kappa shape index (κ3) is 9.23. The Morgan fingerprint density at radius 3 is 2.10 bits per heavy atom. The second-order valence-electron chi connectivity index (χ2n) is 6.79. The SMILES string of the molecule is CC(O)C(N)C(=O)NC(Cc1ccccc1)C(=O)NCC(=O)NC(CC(=O)O)C(=O)O. The zero-order valence-electron chi connectivity index (χ0n) is 16.8. The zero-order chi connectivity index (χ0) is 23.6. The van der Waals surface area contributed by atoms with E-state index in [1.165, 1.54) is 6.92 Å². The van der Waals surface area contributed by atoms with Gasteiger partial charge in [-0.1, -0.05) is 30.3 Å². The summed E-state index contributed by atoms with van der Waals surface area (Å²) in [7, 11) is 0. The maximum atomic E-state index is 12.6. The third-order valence-corrected chi connectivity index (χ3v) is 4.17. The highest BCUT2D eigenvalue weighted by Crippen LogP contribution is 2.04. The second-order valence-corrected chi connectivity index (χ2v) is 6.79. The molecule has 170 valence electrons. The van der Waals surface area contributed by atoms with E-state index < -0.39 is 66.9 Å². The van der Waals surface area contributed by atoms with Gasteiger partial charge in [-0.2, -0.15) is 0 Å². The quantitative estimate of drug-likeness (QED) is 0.185. The van der Waals surface area contributed by atoms with Crippen molar-refractivity contribution in [1.29, 1.82) is 0 Å². The van der Waals surface area contributed by atoms with E-state index in [0.29, 0.717) is 5.56 Å². The van der Waals surface area contributed by atoms with E-state index in [2.05, 4.69) is 10.6 Å². The van der Waals surface area contributed by atoms with Gasteiger partial charge < -0.3 is 37.0 Å². The molecule has 0 aliphatic carbocycles. The summed E-state index contributed by atoms with van der Waals surface area (Å²) in [6.07, 6.45) is -1.93. The Labute approximate surface area is 177 Å². The number of nitrogens with two attached hydrogens (primary N) is 1. The summed E-state index contributed by atoms with van der Waals surface area (Å²) >= 11 is 0. The van der Waals surface area contributed by atoms with Crippen LogP contribution >= 0.6 is 0 Å². The minimum atomic E-state index is -1.66. The smallest absolute Gasteiger partial charge is 0.326 e. The summed E-state index contributed by atoms with van der Waals surface area (Å²) in [6.45, 7) is 0.669. The highest BCUT2D eigenvalue weighted by molar-refractivity contribution is 5.93. The molecule has 12 heteroatoms. The first-order valence-corrected chi connectivity index (χ1v) is 9.30. The lowest BCUT2D eigenvalue weighted by molar-refractivity contribution is -0.147. The fourth-order valence-corrected chi connectivity index (χ4v) is 2.46. The summed E-state index contributed by atoms with van der Waals surface area (Å²) in [4.78, 5) is 58.3. The van der Waals surface area contributed by atoms with Crippen LogP contribution in [0.1, 0.15) is 18.9 Å². The predicted octanol–water partition coefficient (Wildman–Crippen LogP) is -2.42. The number of carbonyl (C=O) groups excluding carboxylic acids is 3. The van der Waals surface area contributed by atoms with Crippen LogP contribution in [0.4, 0.5) is 0 Å². The molecule has 0 bridgehead atoms. The molecule has 0 saturated heterocycles. The molecule has 1 aromatic carbocycles. The van der Waals surface area contributed by atoms with Gasteiger partial charge in [0.15, 0.2) is 0 Å². The number of carboxylic acid groups (broad SMARTS) is 2. The number of rotatable bonds is 12. The average molecular weight is 438 g/mol. The van der Waals surface area contributed by atoms with Crippen LogP contribution in [0.25, 0.3) is 0 Å². The number of benzene rings is 1. The normalized spacial score (nSPS) is 14.4. The van der Waals surface area contributed by atoms with Gasteiger partial charge in [0.25, 0.3) is 0 Å². The summed E-state index contributed by atoms with van der Waals surface area (Å²) in [5.74, 6) is -5.41. The molecule has 0 aliphatic rings. The average Bonchev–Trinajstić information content (AvgIpc) is 2.70. The first-order chi connectivity index (χ1) is 14.5. The Bertz CT molecular complexity index is 799. The number of amides is 3. The molecule has 12 nitrogen and oxygen atoms in total. The molecule has 0 radical (unpaired) electrons. The van der Waals surface area contributed by atoms with E-state index in [4.69, 9.17) is 15.9 Å². The Hall–Kier alpha value is -3.51. The molecule has 8 N–H and O–H groups in total. The molecule has 0 spiro atoms. The number of aliphatic hydroxyl groups excluding tert-OH is 1. The topological polar surface area (TPSA) is 208 Å². The van der Waals surface area contributed by atoms with Crippen LogP contribution in [0.15, 0.2) is 30.3 Å². The van der Waals surface area contributed by atoms with E-state index in [1.807, 2.05) is 5.32 Å². The molecule has 1 rings (SSSR count). The van der Waals surface area contributed by atoms with Crippen molar-refractivity contribution in [1.82, 2.24) is 16.0 Å². The Morgan fingerprint density at radius 2 is 1.58 bits per heavy atom. The Balaban J connectivity index is 2.79. The van der Waals surface area contributed by atoms with Gasteiger partial charge in [-0.05, 0) is 12.5 Å². The summed E-state index contributed by atoms with van der Waals surface area (Å²) in [6, 6.07) is 4.59. The summed E-state index contributed by atoms with van der Waals surface area (Å²) in [5.41, 5.74) is 6.28. The van der Waals surface area contributed by atoms with Gasteiger partial charge in [0.1, 0.15) is 18.1 Å². The van der Waals surface area contributed by atoms with Crippen LogP contribution < -0.4 is 21.7 Å². The lowest BCUT2D eigenvalue weighted by Crippen LogP contribution is -2.56. The first kappa shape index (κ1) is 25.5. The third-order valence-electron chi connectivity index (χ3n) is 4.17. The molecule has 1 aromatic rings. The van der Waals surface area contributed by atoms with Crippen LogP contribution in [0, 0.1) is 0 Å². The monoisotopic (exact) mass is 438 g/mol. The van der Waals surface area contributed by atoms with Crippen molar-refractivity contribution < 1.29 is 39.3 Å². The van der Waals surface area contributed by atoms with Gasteiger partial charge in [0.2, 0.25) is 17.7 Å². The van der Waals surface area contributed by atoms with Crippen molar-refractivity contribution >= 4 is 29.7 Å². The summed E-state index contributed by atoms with van der Waals surface area (Å²) in [5, 5.41) is 33.8. The van der Waals surface area contributed by atoms with Gasteiger partial charge in [-0.15, -0.1) is 0 Å². The van der Waals surface area contributed by atoms with Crippen molar-refractivity contribution in [3.8, 4) is 0 Å².